The van der Waals surface area contributed by atoms with E-state index in [1.54, 1.807) is 16.9 Å². The Morgan fingerprint density at radius 1 is 1.19 bits per heavy atom. The van der Waals surface area contributed by atoms with Gasteiger partial charge in [0.2, 0.25) is 5.96 Å². The minimum absolute atomic E-state index is 0.00987. The van der Waals surface area contributed by atoms with E-state index in [4.69, 9.17) is 22.2 Å². The summed E-state index contributed by atoms with van der Waals surface area (Å²) in [6, 6.07) is 17.0. The average Bonchev–Trinajstić information content (AvgIpc) is 3.16. The fourth-order valence-corrected chi connectivity index (χ4v) is 2.50. The molecule has 0 bridgehead atoms. The third-order valence-corrected chi connectivity index (χ3v) is 4.05. The van der Waals surface area contributed by atoms with Crippen LogP contribution in [0.3, 0.4) is 0 Å². The van der Waals surface area contributed by atoms with Crippen LogP contribution >= 0.6 is 11.6 Å². The third-order valence-electron chi connectivity index (χ3n) is 3.68. The molecule has 3 rings (SSSR count). The van der Waals surface area contributed by atoms with Gasteiger partial charge in [-0.15, -0.1) is 0 Å². The van der Waals surface area contributed by atoms with Gasteiger partial charge in [-0.25, -0.2) is 9.79 Å². The van der Waals surface area contributed by atoms with Gasteiger partial charge in [-0.3, -0.25) is 4.68 Å². The van der Waals surface area contributed by atoms with Crippen molar-refractivity contribution in [1.29, 1.82) is 0 Å². The van der Waals surface area contributed by atoms with Crippen LogP contribution < -0.4 is 11.2 Å². The molecule has 0 radical (unpaired) electrons. The van der Waals surface area contributed by atoms with Crippen LogP contribution in [0.5, 0.6) is 0 Å². The van der Waals surface area contributed by atoms with Gasteiger partial charge in [-0.05, 0) is 17.2 Å². The number of nitrogens with one attached hydrogen (secondary N) is 1. The normalized spacial score (nSPS) is 11.2. The van der Waals surface area contributed by atoms with Crippen molar-refractivity contribution in [3.8, 4) is 0 Å². The molecule has 3 N–H and O–H groups in total. The number of halogens is 1. The molecule has 2 aromatic carbocycles. The van der Waals surface area contributed by atoms with Gasteiger partial charge >= 0.3 is 5.97 Å². The van der Waals surface area contributed by atoms with E-state index in [0.717, 1.165) is 11.1 Å². The zero-order valence-electron chi connectivity index (χ0n) is 14.4. The maximum Gasteiger partial charge on any atom is 0.366 e. The Hall–Kier alpha value is -3.32. The average molecular weight is 384 g/mol. The standard InChI is InChI=1S/C19H18ClN5O2/c20-17-9-5-4-8-15(17)12-25-13-16(11-23-25)18(26)27-24-19(21)22-10-14-6-2-1-3-7-14/h1-9,11,13H,10,12H2,(H3,21,22,24). The summed E-state index contributed by atoms with van der Waals surface area (Å²) in [5, 5.41) is 4.78. The number of hydroxylamine groups is 1. The van der Waals surface area contributed by atoms with Gasteiger partial charge in [0.05, 0.1) is 24.8 Å². The fourth-order valence-electron chi connectivity index (χ4n) is 2.31. The highest BCUT2D eigenvalue weighted by Gasteiger charge is 2.12. The van der Waals surface area contributed by atoms with Gasteiger partial charge in [0, 0.05) is 11.2 Å². The maximum atomic E-state index is 12.1. The Balaban J connectivity index is 1.52. The lowest BCUT2D eigenvalue weighted by molar-refractivity contribution is 0.0383. The molecule has 0 aliphatic heterocycles. The molecule has 0 aliphatic rings. The molecule has 0 saturated carbocycles. The lowest BCUT2D eigenvalue weighted by Gasteiger charge is -2.05. The summed E-state index contributed by atoms with van der Waals surface area (Å²) < 4.78 is 1.60. The third kappa shape index (κ3) is 5.32. The van der Waals surface area contributed by atoms with Crippen LogP contribution in [-0.4, -0.2) is 21.7 Å². The van der Waals surface area contributed by atoms with Crippen molar-refractivity contribution >= 4 is 23.5 Å². The number of aliphatic imine (C=N–C) groups is 1. The number of rotatable bonds is 5. The number of benzene rings is 2. The summed E-state index contributed by atoms with van der Waals surface area (Å²) >= 11 is 6.13. The predicted octanol–water partition coefficient (Wildman–Crippen LogP) is 2.76. The van der Waals surface area contributed by atoms with E-state index in [1.807, 2.05) is 48.5 Å². The van der Waals surface area contributed by atoms with Crippen molar-refractivity contribution in [3.63, 3.8) is 0 Å². The molecule has 8 heteroatoms. The number of aromatic nitrogens is 2. The van der Waals surface area contributed by atoms with Crippen LogP contribution in [-0.2, 0) is 17.9 Å². The topological polar surface area (TPSA) is 94.5 Å². The van der Waals surface area contributed by atoms with E-state index in [2.05, 4.69) is 15.6 Å². The number of nitrogens with zero attached hydrogens (tertiary/aromatic N) is 3. The van der Waals surface area contributed by atoms with Gasteiger partial charge in [0.1, 0.15) is 0 Å². The second-order valence-electron chi connectivity index (χ2n) is 5.70. The molecule has 0 fully saturated rings. The second-order valence-corrected chi connectivity index (χ2v) is 6.10. The first-order valence-electron chi connectivity index (χ1n) is 8.18. The maximum absolute atomic E-state index is 12.1. The van der Waals surface area contributed by atoms with Gasteiger partial charge in [0.25, 0.3) is 0 Å². The molecule has 27 heavy (non-hydrogen) atoms. The Bertz CT molecular complexity index is 940. The molecule has 0 amide bonds. The molecular weight excluding hydrogens is 366 g/mol. The van der Waals surface area contributed by atoms with Crippen LogP contribution in [0, 0.1) is 0 Å². The molecule has 0 aliphatic carbocycles. The molecule has 138 valence electrons. The number of carbonyl (C=O) groups excluding carboxylic acids is 1. The predicted molar refractivity (Wildman–Crippen MR) is 103 cm³/mol. The summed E-state index contributed by atoms with van der Waals surface area (Å²) in [6.45, 7) is 0.827. The fraction of sp³-hybridized carbons (Fsp3) is 0.105. The molecule has 0 unspecified atom stereocenters. The Morgan fingerprint density at radius 2 is 1.93 bits per heavy atom. The van der Waals surface area contributed by atoms with Crippen molar-refractivity contribution in [2.24, 2.45) is 10.7 Å². The smallest absolute Gasteiger partial charge is 0.366 e. The second kappa shape index (κ2) is 8.86. The van der Waals surface area contributed by atoms with Crippen LogP contribution in [0.1, 0.15) is 21.5 Å². The molecule has 1 heterocycles. The summed E-state index contributed by atoms with van der Waals surface area (Å²) in [4.78, 5) is 21.1. The number of carbonyl (C=O) groups is 1. The van der Waals surface area contributed by atoms with Crippen LogP contribution in [0.4, 0.5) is 0 Å². The highest BCUT2D eigenvalue weighted by molar-refractivity contribution is 6.31. The van der Waals surface area contributed by atoms with Crippen LogP contribution in [0.15, 0.2) is 72.0 Å². The van der Waals surface area contributed by atoms with E-state index in [1.165, 1.54) is 6.20 Å². The van der Waals surface area contributed by atoms with Gasteiger partial charge in [-0.1, -0.05) is 60.1 Å². The first kappa shape index (κ1) is 18.5. The first-order valence-corrected chi connectivity index (χ1v) is 8.56. The summed E-state index contributed by atoms with van der Waals surface area (Å²) in [7, 11) is 0. The van der Waals surface area contributed by atoms with Crippen molar-refractivity contribution in [3.05, 3.63) is 88.7 Å². The zero-order valence-corrected chi connectivity index (χ0v) is 15.1. The molecule has 0 atom stereocenters. The number of nitrogens with two attached hydrogens (primary N) is 1. The summed E-state index contributed by atoms with van der Waals surface area (Å²) in [6.07, 6.45) is 2.99. The Kier molecular flexibility index (Phi) is 6.06. The van der Waals surface area contributed by atoms with E-state index < -0.39 is 5.97 Å². The summed E-state index contributed by atoms with van der Waals surface area (Å²) in [5.74, 6) is -0.603. The van der Waals surface area contributed by atoms with E-state index in [0.29, 0.717) is 18.1 Å². The van der Waals surface area contributed by atoms with Gasteiger partial charge in [0.15, 0.2) is 0 Å². The highest BCUT2D eigenvalue weighted by Crippen LogP contribution is 2.16. The molecule has 1 aromatic heterocycles. The molecule has 7 nitrogen and oxygen atoms in total. The summed E-state index contributed by atoms with van der Waals surface area (Å²) in [5.41, 5.74) is 10.2. The lowest BCUT2D eigenvalue weighted by atomic mass is 10.2. The SMILES string of the molecule is NC(=NCc1ccccc1)NOC(=O)c1cnn(Cc2ccccc2Cl)c1. The van der Waals surface area contributed by atoms with E-state index in [9.17, 15) is 4.79 Å². The number of guanidine groups is 1. The van der Waals surface area contributed by atoms with E-state index >= 15 is 0 Å². The number of hydrogen-bond acceptors (Lipinski definition) is 4. The van der Waals surface area contributed by atoms with Gasteiger partial charge in [-0.2, -0.15) is 10.6 Å². The molecule has 0 spiro atoms. The van der Waals surface area contributed by atoms with Crippen molar-refractivity contribution in [2.45, 2.75) is 13.1 Å². The molecule has 0 saturated heterocycles. The number of hydrogen-bond donors (Lipinski definition) is 2. The quantitative estimate of drug-likeness (QED) is 0.401. The lowest BCUT2D eigenvalue weighted by Crippen LogP contribution is -2.33. The zero-order chi connectivity index (χ0) is 19.1. The van der Waals surface area contributed by atoms with Gasteiger partial charge < -0.3 is 10.6 Å². The van der Waals surface area contributed by atoms with Crippen molar-refractivity contribution < 1.29 is 9.63 Å². The molecule has 3 aromatic rings. The van der Waals surface area contributed by atoms with Crippen LogP contribution in [0.25, 0.3) is 0 Å². The molecular formula is C19H18ClN5O2. The minimum Gasteiger partial charge on any atom is -0.368 e. The Labute approximate surface area is 161 Å². The minimum atomic E-state index is -0.613. The highest BCUT2D eigenvalue weighted by atomic mass is 35.5. The largest absolute Gasteiger partial charge is 0.368 e. The van der Waals surface area contributed by atoms with Crippen molar-refractivity contribution in [1.82, 2.24) is 15.3 Å². The monoisotopic (exact) mass is 383 g/mol. The first-order chi connectivity index (χ1) is 13.1. The van der Waals surface area contributed by atoms with Crippen LogP contribution in [0.2, 0.25) is 5.02 Å². The van der Waals surface area contributed by atoms with E-state index in [-0.39, 0.29) is 11.5 Å². The van der Waals surface area contributed by atoms with Crippen molar-refractivity contribution in [2.75, 3.05) is 0 Å². The Morgan fingerprint density at radius 3 is 2.70 bits per heavy atom.